The van der Waals surface area contributed by atoms with Gasteiger partial charge in [0.05, 0.1) is 0 Å². The zero-order valence-electron chi connectivity index (χ0n) is 13.3. The first kappa shape index (κ1) is 18.7. The van der Waals surface area contributed by atoms with Crippen LogP contribution < -0.4 is 4.74 Å². The van der Waals surface area contributed by atoms with Crippen molar-refractivity contribution < 1.29 is 26.7 Å². The van der Waals surface area contributed by atoms with Gasteiger partial charge >= 0.3 is 6.36 Å². The second kappa shape index (κ2) is 7.99. The second-order valence-corrected chi connectivity index (χ2v) is 6.30. The Kier molecular flexibility index (Phi) is 6.24. The monoisotopic (exact) mass is 348 g/mol. The number of unbranched alkanes of at least 4 members (excludes halogenated alkanes) is 1. The van der Waals surface area contributed by atoms with Crippen molar-refractivity contribution in [2.24, 2.45) is 5.92 Å². The van der Waals surface area contributed by atoms with Gasteiger partial charge in [-0.15, -0.1) is 19.8 Å². The number of ether oxygens (including phenoxy) is 1. The van der Waals surface area contributed by atoms with Crippen LogP contribution in [-0.2, 0) is 0 Å². The van der Waals surface area contributed by atoms with Crippen molar-refractivity contribution in [3.05, 3.63) is 42.0 Å². The normalized spacial score (nSPS) is 21.5. The van der Waals surface area contributed by atoms with E-state index in [0.29, 0.717) is 11.5 Å². The summed E-state index contributed by atoms with van der Waals surface area (Å²) in [5.74, 6) is -3.43. The molecular weight excluding hydrogens is 327 g/mol. The molecule has 0 aromatic heterocycles. The van der Waals surface area contributed by atoms with Gasteiger partial charge in [-0.2, -0.15) is 0 Å². The molecule has 0 spiro atoms. The van der Waals surface area contributed by atoms with Crippen molar-refractivity contribution in [3.63, 3.8) is 0 Å². The maximum absolute atomic E-state index is 13.8. The minimum Gasteiger partial charge on any atom is -0.399 e. The first-order valence-electron chi connectivity index (χ1n) is 8.15. The molecule has 0 heterocycles. The van der Waals surface area contributed by atoms with Crippen LogP contribution in [0.4, 0.5) is 22.0 Å². The van der Waals surface area contributed by atoms with Crippen LogP contribution in [0.25, 0.3) is 0 Å². The maximum atomic E-state index is 13.8. The summed E-state index contributed by atoms with van der Waals surface area (Å²) in [4.78, 5) is 0. The Morgan fingerprint density at radius 3 is 2.17 bits per heavy atom. The van der Waals surface area contributed by atoms with Gasteiger partial charge in [0.25, 0.3) is 0 Å². The number of hydrogen-bond donors (Lipinski definition) is 0. The smallest absolute Gasteiger partial charge is 0.399 e. The molecule has 0 saturated heterocycles. The molecule has 0 radical (unpaired) electrons. The largest absolute Gasteiger partial charge is 0.573 e. The molecule has 0 bridgehead atoms. The van der Waals surface area contributed by atoms with Gasteiger partial charge in [0.1, 0.15) is 0 Å². The Bertz CT molecular complexity index is 536. The third kappa shape index (κ3) is 5.21. The van der Waals surface area contributed by atoms with E-state index in [1.165, 1.54) is 0 Å². The van der Waals surface area contributed by atoms with Crippen LogP contribution in [0.3, 0.4) is 0 Å². The van der Waals surface area contributed by atoms with Crippen molar-refractivity contribution in [2.75, 3.05) is 0 Å². The zero-order chi connectivity index (χ0) is 17.7. The SMILES string of the molecule is C=CCCCC1CCC(c2cc(F)c(OC(F)(F)F)c(F)c2)CC1. The standard InChI is InChI=1S/C18H21F5O/c1-2-3-4-5-12-6-8-13(9-7-12)14-10-15(19)17(16(20)11-14)24-18(21,22)23/h2,10-13H,1,3-9H2. The molecule has 1 aliphatic rings. The number of allylic oxidation sites excluding steroid dienone is 1. The highest BCUT2D eigenvalue weighted by molar-refractivity contribution is 5.33. The van der Waals surface area contributed by atoms with Crippen molar-refractivity contribution in [2.45, 2.75) is 57.2 Å². The number of benzene rings is 1. The van der Waals surface area contributed by atoms with Gasteiger partial charge in [-0.3, -0.25) is 0 Å². The van der Waals surface area contributed by atoms with Gasteiger partial charge in [-0.1, -0.05) is 12.5 Å². The van der Waals surface area contributed by atoms with Crippen molar-refractivity contribution in [1.29, 1.82) is 0 Å². The Labute approximate surface area is 138 Å². The molecule has 1 aromatic carbocycles. The predicted octanol–water partition coefficient (Wildman–Crippen LogP) is 6.49. The molecule has 6 heteroatoms. The fourth-order valence-electron chi connectivity index (χ4n) is 3.36. The number of hydrogen-bond acceptors (Lipinski definition) is 1. The summed E-state index contributed by atoms with van der Waals surface area (Å²) in [6, 6.07) is 1.93. The van der Waals surface area contributed by atoms with Crippen LogP contribution in [-0.4, -0.2) is 6.36 Å². The summed E-state index contributed by atoms with van der Waals surface area (Å²) in [6.07, 6.45) is 3.46. The highest BCUT2D eigenvalue weighted by Crippen LogP contribution is 2.40. The molecule has 0 N–H and O–H groups in total. The molecule has 1 aromatic rings. The summed E-state index contributed by atoms with van der Waals surface area (Å²) >= 11 is 0. The van der Waals surface area contributed by atoms with Gasteiger partial charge in [0.2, 0.25) is 5.75 Å². The summed E-state index contributed by atoms with van der Waals surface area (Å²) in [6.45, 7) is 3.69. The average Bonchev–Trinajstić information content (AvgIpc) is 2.51. The molecule has 0 atom stereocenters. The quantitative estimate of drug-likeness (QED) is 0.324. The van der Waals surface area contributed by atoms with E-state index >= 15 is 0 Å². The fraction of sp³-hybridized carbons (Fsp3) is 0.556. The van der Waals surface area contributed by atoms with Gasteiger partial charge in [-0.25, -0.2) is 8.78 Å². The summed E-state index contributed by atoms with van der Waals surface area (Å²) in [5, 5.41) is 0. The van der Waals surface area contributed by atoms with Crippen molar-refractivity contribution >= 4 is 0 Å². The molecule has 134 valence electrons. The molecular formula is C18H21F5O. The third-order valence-electron chi connectivity index (χ3n) is 4.58. The van der Waals surface area contributed by atoms with E-state index in [4.69, 9.17) is 0 Å². The van der Waals surface area contributed by atoms with Crippen molar-refractivity contribution in [1.82, 2.24) is 0 Å². The average molecular weight is 348 g/mol. The first-order valence-corrected chi connectivity index (χ1v) is 8.15. The zero-order valence-corrected chi connectivity index (χ0v) is 13.3. The Hall–Kier alpha value is -1.59. The van der Waals surface area contributed by atoms with E-state index in [0.717, 1.165) is 57.1 Å². The molecule has 2 rings (SSSR count). The lowest BCUT2D eigenvalue weighted by Gasteiger charge is -2.29. The third-order valence-corrected chi connectivity index (χ3v) is 4.58. The van der Waals surface area contributed by atoms with E-state index in [9.17, 15) is 22.0 Å². The van der Waals surface area contributed by atoms with Crippen molar-refractivity contribution in [3.8, 4) is 5.75 Å². The maximum Gasteiger partial charge on any atom is 0.573 e. The molecule has 1 fully saturated rings. The lowest BCUT2D eigenvalue weighted by atomic mass is 9.77. The van der Waals surface area contributed by atoms with Gasteiger partial charge in [0.15, 0.2) is 11.6 Å². The fourth-order valence-corrected chi connectivity index (χ4v) is 3.36. The highest BCUT2D eigenvalue weighted by Gasteiger charge is 2.34. The number of rotatable bonds is 6. The minimum atomic E-state index is -5.12. The number of halogens is 5. The molecule has 0 amide bonds. The van der Waals surface area contributed by atoms with Gasteiger partial charge < -0.3 is 4.74 Å². The van der Waals surface area contributed by atoms with E-state index in [-0.39, 0.29) is 5.92 Å². The second-order valence-electron chi connectivity index (χ2n) is 6.30. The van der Waals surface area contributed by atoms with E-state index in [1.54, 1.807) is 0 Å². The van der Waals surface area contributed by atoms with Crippen LogP contribution in [0.2, 0.25) is 0 Å². The molecule has 24 heavy (non-hydrogen) atoms. The van der Waals surface area contributed by atoms with Gasteiger partial charge in [-0.05, 0) is 68.1 Å². The molecule has 1 nitrogen and oxygen atoms in total. The van der Waals surface area contributed by atoms with Crippen LogP contribution >= 0.6 is 0 Å². The van der Waals surface area contributed by atoms with Crippen LogP contribution in [0, 0.1) is 17.6 Å². The summed E-state index contributed by atoms with van der Waals surface area (Å²) in [7, 11) is 0. The molecule has 0 unspecified atom stereocenters. The summed E-state index contributed by atoms with van der Waals surface area (Å²) in [5.41, 5.74) is 0.407. The summed E-state index contributed by atoms with van der Waals surface area (Å²) < 4.78 is 67.5. The first-order chi connectivity index (χ1) is 11.3. The van der Waals surface area contributed by atoms with Crippen LogP contribution in [0.5, 0.6) is 5.75 Å². The molecule has 1 aliphatic carbocycles. The van der Waals surface area contributed by atoms with Crippen LogP contribution in [0.15, 0.2) is 24.8 Å². The lowest BCUT2D eigenvalue weighted by Crippen LogP contribution is -2.19. The highest BCUT2D eigenvalue weighted by atomic mass is 19.4. The van der Waals surface area contributed by atoms with Gasteiger partial charge in [0, 0.05) is 0 Å². The van der Waals surface area contributed by atoms with E-state index in [1.807, 2.05) is 6.08 Å². The molecule has 1 saturated carbocycles. The lowest BCUT2D eigenvalue weighted by molar-refractivity contribution is -0.276. The topological polar surface area (TPSA) is 9.23 Å². The predicted molar refractivity (Wildman–Crippen MR) is 81.8 cm³/mol. The van der Waals surface area contributed by atoms with Crippen LogP contribution in [0.1, 0.15) is 56.4 Å². The Morgan fingerprint density at radius 1 is 1.08 bits per heavy atom. The number of alkyl halides is 3. The minimum absolute atomic E-state index is 0.0235. The molecule has 0 aliphatic heterocycles. The van der Waals surface area contributed by atoms with E-state index < -0.39 is 23.7 Å². The Morgan fingerprint density at radius 2 is 1.67 bits per heavy atom. The van der Waals surface area contributed by atoms with E-state index in [2.05, 4.69) is 11.3 Å². The Balaban J connectivity index is 2.00.